The van der Waals surface area contributed by atoms with E-state index < -0.39 is 0 Å². The van der Waals surface area contributed by atoms with Crippen LogP contribution in [0.15, 0.2) is 48.5 Å². The Labute approximate surface area is 152 Å². The van der Waals surface area contributed by atoms with E-state index in [0.717, 1.165) is 31.9 Å². The Morgan fingerprint density at radius 2 is 1.72 bits per heavy atom. The number of hydrogen-bond acceptors (Lipinski definition) is 4. The average Bonchev–Trinajstić information content (AvgIpc) is 2.63. The summed E-state index contributed by atoms with van der Waals surface area (Å²) in [5.74, 6) is 0.284. The van der Waals surface area contributed by atoms with Crippen molar-refractivity contribution in [2.75, 3.05) is 42.9 Å². The molecule has 0 spiro atoms. The Morgan fingerprint density at radius 1 is 1.04 bits per heavy atom. The van der Waals surface area contributed by atoms with Crippen LogP contribution in [0.2, 0.25) is 5.02 Å². The number of hydrogen-bond donors (Lipinski definition) is 2. The van der Waals surface area contributed by atoms with E-state index in [-0.39, 0.29) is 5.91 Å². The van der Waals surface area contributed by atoms with Gasteiger partial charge in [-0.15, -0.1) is 0 Å². The van der Waals surface area contributed by atoms with Crippen LogP contribution in [0.4, 0.5) is 11.4 Å². The van der Waals surface area contributed by atoms with Gasteiger partial charge in [-0.25, -0.2) is 0 Å². The van der Waals surface area contributed by atoms with Crippen molar-refractivity contribution in [2.45, 2.75) is 6.42 Å². The molecule has 2 aromatic carbocycles. The van der Waals surface area contributed by atoms with Gasteiger partial charge in [-0.05, 0) is 24.3 Å². The predicted molar refractivity (Wildman–Crippen MR) is 101 cm³/mol. The summed E-state index contributed by atoms with van der Waals surface area (Å²) in [5, 5.41) is 13.3. The van der Waals surface area contributed by atoms with Crippen molar-refractivity contribution in [2.24, 2.45) is 0 Å². The number of amides is 1. The minimum Gasteiger partial charge on any atom is -0.506 e. The topological polar surface area (TPSA) is 55.8 Å². The van der Waals surface area contributed by atoms with Crippen LogP contribution < -0.4 is 10.2 Å². The van der Waals surface area contributed by atoms with Gasteiger partial charge in [0.25, 0.3) is 0 Å². The van der Waals surface area contributed by atoms with Gasteiger partial charge in [-0.1, -0.05) is 35.9 Å². The monoisotopic (exact) mass is 359 g/mol. The van der Waals surface area contributed by atoms with E-state index in [0.29, 0.717) is 29.4 Å². The van der Waals surface area contributed by atoms with Gasteiger partial charge in [-0.2, -0.15) is 0 Å². The normalized spacial score (nSPS) is 15.2. The molecule has 0 radical (unpaired) electrons. The Bertz CT molecular complexity index is 730. The Morgan fingerprint density at radius 3 is 2.44 bits per heavy atom. The van der Waals surface area contributed by atoms with E-state index in [4.69, 9.17) is 11.6 Å². The Hall–Kier alpha value is -2.24. The molecule has 0 atom stereocenters. The van der Waals surface area contributed by atoms with Crippen LogP contribution in [-0.4, -0.2) is 48.6 Å². The molecular weight excluding hydrogens is 338 g/mol. The maximum atomic E-state index is 12.1. The third kappa shape index (κ3) is 4.65. The second-order valence-corrected chi connectivity index (χ2v) is 6.50. The summed E-state index contributed by atoms with van der Waals surface area (Å²) in [4.78, 5) is 16.5. The van der Waals surface area contributed by atoms with Gasteiger partial charge in [-0.3, -0.25) is 9.69 Å². The molecule has 0 saturated carbocycles. The molecule has 0 bridgehead atoms. The summed E-state index contributed by atoms with van der Waals surface area (Å²) in [6.45, 7) is 4.12. The largest absolute Gasteiger partial charge is 0.506 e. The number of halogens is 1. The molecule has 132 valence electrons. The molecule has 0 aromatic heterocycles. The van der Waals surface area contributed by atoms with E-state index in [1.54, 1.807) is 18.2 Å². The molecule has 3 rings (SSSR count). The highest BCUT2D eigenvalue weighted by atomic mass is 35.5. The van der Waals surface area contributed by atoms with Crippen molar-refractivity contribution >= 4 is 28.9 Å². The van der Waals surface area contributed by atoms with Gasteiger partial charge in [0.1, 0.15) is 5.75 Å². The maximum Gasteiger partial charge on any atom is 0.225 e. The number of anilines is 2. The van der Waals surface area contributed by atoms with Crippen molar-refractivity contribution in [1.29, 1.82) is 0 Å². The van der Waals surface area contributed by atoms with E-state index in [1.165, 1.54) is 0 Å². The number of nitrogens with zero attached hydrogens (tertiary/aromatic N) is 2. The van der Waals surface area contributed by atoms with Crippen molar-refractivity contribution in [3.8, 4) is 5.75 Å². The molecule has 2 aromatic rings. The van der Waals surface area contributed by atoms with Crippen molar-refractivity contribution in [3.63, 3.8) is 0 Å². The van der Waals surface area contributed by atoms with Gasteiger partial charge in [0, 0.05) is 39.1 Å². The standard InChI is InChI=1S/C19H22ClN3O2/c20-15-5-1-2-6-16(15)21-19(25)9-10-22-11-13-23(14-12-22)17-7-3-4-8-18(17)24/h1-8,24H,9-14H2,(H,21,25). The summed E-state index contributed by atoms with van der Waals surface area (Å²) in [6.07, 6.45) is 0.432. The quantitative estimate of drug-likeness (QED) is 0.860. The van der Waals surface area contributed by atoms with Gasteiger partial charge >= 0.3 is 0 Å². The zero-order valence-corrected chi connectivity index (χ0v) is 14.7. The first-order valence-electron chi connectivity index (χ1n) is 8.43. The summed E-state index contributed by atoms with van der Waals surface area (Å²) in [5.41, 5.74) is 1.53. The number of piperazine rings is 1. The summed E-state index contributed by atoms with van der Waals surface area (Å²) < 4.78 is 0. The highest BCUT2D eigenvalue weighted by Crippen LogP contribution is 2.27. The number of rotatable bonds is 5. The van der Waals surface area contributed by atoms with Crippen LogP contribution in [0.1, 0.15) is 6.42 Å². The fourth-order valence-electron chi connectivity index (χ4n) is 2.98. The third-order valence-corrected chi connectivity index (χ3v) is 4.73. The molecule has 1 aliphatic rings. The van der Waals surface area contributed by atoms with Crippen LogP contribution in [-0.2, 0) is 4.79 Å². The molecular formula is C19H22ClN3O2. The molecule has 5 nitrogen and oxygen atoms in total. The summed E-state index contributed by atoms with van der Waals surface area (Å²) >= 11 is 6.05. The lowest BCUT2D eigenvalue weighted by Gasteiger charge is -2.36. The minimum absolute atomic E-state index is 0.0313. The van der Waals surface area contributed by atoms with E-state index in [9.17, 15) is 9.90 Å². The zero-order chi connectivity index (χ0) is 17.6. The smallest absolute Gasteiger partial charge is 0.225 e. The SMILES string of the molecule is O=C(CCN1CCN(c2ccccc2O)CC1)Nc1ccccc1Cl. The van der Waals surface area contributed by atoms with Gasteiger partial charge in [0.15, 0.2) is 0 Å². The first-order chi connectivity index (χ1) is 12.1. The summed E-state index contributed by atoms with van der Waals surface area (Å²) in [7, 11) is 0. The first-order valence-corrected chi connectivity index (χ1v) is 8.81. The van der Waals surface area contributed by atoms with Gasteiger partial charge < -0.3 is 15.3 Å². The Balaban J connectivity index is 1.44. The minimum atomic E-state index is -0.0313. The molecule has 1 saturated heterocycles. The van der Waals surface area contributed by atoms with Gasteiger partial charge in [0.2, 0.25) is 5.91 Å². The number of aromatic hydroxyl groups is 1. The lowest BCUT2D eigenvalue weighted by atomic mass is 10.2. The number of benzene rings is 2. The van der Waals surface area contributed by atoms with Crippen LogP contribution in [0, 0.1) is 0 Å². The molecule has 0 aliphatic carbocycles. The van der Waals surface area contributed by atoms with E-state index >= 15 is 0 Å². The number of carbonyl (C=O) groups is 1. The van der Waals surface area contributed by atoms with Crippen LogP contribution in [0.5, 0.6) is 5.75 Å². The van der Waals surface area contributed by atoms with Crippen LogP contribution in [0.3, 0.4) is 0 Å². The Kier molecular flexibility index (Phi) is 5.79. The van der Waals surface area contributed by atoms with Gasteiger partial charge in [0.05, 0.1) is 16.4 Å². The molecule has 1 fully saturated rings. The zero-order valence-electron chi connectivity index (χ0n) is 14.0. The van der Waals surface area contributed by atoms with Crippen molar-refractivity contribution in [3.05, 3.63) is 53.6 Å². The van der Waals surface area contributed by atoms with Crippen molar-refractivity contribution in [1.82, 2.24) is 4.90 Å². The molecule has 1 heterocycles. The average molecular weight is 360 g/mol. The number of carbonyl (C=O) groups excluding carboxylic acids is 1. The van der Waals surface area contributed by atoms with Crippen molar-refractivity contribution < 1.29 is 9.90 Å². The number of phenols is 1. The lowest BCUT2D eigenvalue weighted by Crippen LogP contribution is -2.47. The second kappa shape index (κ2) is 8.23. The molecule has 25 heavy (non-hydrogen) atoms. The third-order valence-electron chi connectivity index (χ3n) is 4.40. The van der Waals surface area contributed by atoms with E-state index in [2.05, 4.69) is 15.1 Å². The number of para-hydroxylation sites is 3. The number of phenolic OH excluding ortho intramolecular Hbond substituents is 1. The highest BCUT2D eigenvalue weighted by Gasteiger charge is 2.19. The van der Waals surface area contributed by atoms with Crippen LogP contribution >= 0.6 is 11.6 Å². The molecule has 0 unspecified atom stereocenters. The fourth-order valence-corrected chi connectivity index (χ4v) is 3.16. The second-order valence-electron chi connectivity index (χ2n) is 6.10. The first kappa shape index (κ1) is 17.6. The van der Waals surface area contributed by atoms with E-state index in [1.807, 2.05) is 30.3 Å². The van der Waals surface area contributed by atoms with Crippen LogP contribution in [0.25, 0.3) is 0 Å². The molecule has 1 amide bonds. The molecule has 2 N–H and O–H groups in total. The number of nitrogens with one attached hydrogen (secondary N) is 1. The molecule has 6 heteroatoms. The summed E-state index contributed by atoms with van der Waals surface area (Å²) in [6, 6.07) is 14.6. The predicted octanol–water partition coefficient (Wildman–Crippen LogP) is 3.20. The maximum absolute atomic E-state index is 12.1. The highest BCUT2D eigenvalue weighted by molar-refractivity contribution is 6.33. The lowest BCUT2D eigenvalue weighted by molar-refractivity contribution is -0.116. The fraction of sp³-hybridized carbons (Fsp3) is 0.316. The molecule has 1 aliphatic heterocycles.